The molecule has 2 rings (SSSR count). The molecule has 1 unspecified atom stereocenters. The quantitative estimate of drug-likeness (QED) is 0.788. The Kier molecular flexibility index (Phi) is 4.93. The predicted octanol–water partition coefficient (Wildman–Crippen LogP) is 3.78. The van der Waals surface area contributed by atoms with Gasteiger partial charge in [-0.25, -0.2) is 0 Å². The highest BCUT2D eigenvalue weighted by Crippen LogP contribution is 2.32. The van der Waals surface area contributed by atoms with E-state index in [1.165, 1.54) is 0 Å². The summed E-state index contributed by atoms with van der Waals surface area (Å²) in [5.41, 5.74) is 8.19. The molecule has 1 heterocycles. The Morgan fingerprint density at radius 3 is 2.65 bits per heavy atom. The van der Waals surface area contributed by atoms with E-state index >= 15 is 0 Å². The van der Waals surface area contributed by atoms with Gasteiger partial charge in [0.25, 0.3) is 0 Å². The van der Waals surface area contributed by atoms with Gasteiger partial charge in [-0.1, -0.05) is 17.7 Å². The van der Waals surface area contributed by atoms with Crippen molar-refractivity contribution in [1.29, 1.82) is 0 Å². The van der Waals surface area contributed by atoms with Gasteiger partial charge in [0.1, 0.15) is 5.69 Å². The second kappa shape index (κ2) is 6.32. The minimum Gasteiger partial charge on any atom is -0.493 e. The first-order chi connectivity index (χ1) is 9.45. The third-order valence-electron chi connectivity index (χ3n) is 3.11. The third kappa shape index (κ3) is 2.94. The van der Waals surface area contributed by atoms with Crippen LogP contribution in [0.5, 0.6) is 5.75 Å². The lowest BCUT2D eigenvalue weighted by atomic mass is 10.0. The van der Waals surface area contributed by atoms with E-state index < -0.39 is 0 Å². The zero-order chi connectivity index (χ0) is 14.9. The number of hydrogen-bond acceptors (Lipinski definition) is 3. The highest BCUT2D eigenvalue weighted by Gasteiger charge is 2.22. The van der Waals surface area contributed by atoms with Crippen molar-refractivity contribution in [3.63, 3.8) is 0 Å². The van der Waals surface area contributed by atoms with E-state index in [1.807, 2.05) is 22.9 Å². The number of hydrogen-bond donors (Lipinski definition) is 1. The van der Waals surface area contributed by atoms with Crippen molar-refractivity contribution in [3.8, 4) is 5.75 Å². The zero-order valence-electron chi connectivity index (χ0n) is 11.6. The van der Waals surface area contributed by atoms with Crippen molar-refractivity contribution in [2.45, 2.75) is 25.9 Å². The van der Waals surface area contributed by atoms with Gasteiger partial charge in [0.2, 0.25) is 0 Å². The Labute approximate surface area is 137 Å². The topological polar surface area (TPSA) is 53.1 Å². The van der Waals surface area contributed by atoms with Crippen LogP contribution in [-0.4, -0.2) is 16.9 Å². The van der Waals surface area contributed by atoms with Crippen molar-refractivity contribution in [2.24, 2.45) is 5.73 Å². The molecule has 0 aliphatic rings. The molecule has 0 radical (unpaired) electrons. The van der Waals surface area contributed by atoms with Crippen molar-refractivity contribution in [1.82, 2.24) is 9.78 Å². The van der Waals surface area contributed by atoms with Gasteiger partial charge in [0.05, 0.1) is 24.4 Å². The monoisotopic (exact) mass is 405 g/mol. The average Bonchev–Trinajstić information content (AvgIpc) is 2.85. The SMILES string of the molecule is COc1cnn(C(C)C)c1C(N)c1ccc(I)c(Cl)c1. The van der Waals surface area contributed by atoms with E-state index in [-0.39, 0.29) is 12.1 Å². The summed E-state index contributed by atoms with van der Waals surface area (Å²) in [4.78, 5) is 0. The largest absolute Gasteiger partial charge is 0.493 e. The molecule has 108 valence electrons. The standard InChI is InChI=1S/C14H17ClIN3O/c1-8(2)19-14(12(20-3)7-18-19)13(17)9-4-5-11(16)10(15)6-9/h4-8,13H,17H2,1-3H3. The van der Waals surface area contributed by atoms with Gasteiger partial charge < -0.3 is 10.5 Å². The van der Waals surface area contributed by atoms with Crippen LogP contribution in [0, 0.1) is 3.57 Å². The lowest BCUT2D eigenvalue weighted by Gasteiger charge is -2.18. The average molecular weight is 406 g/mol. The molecule has 1 atom stereocenters. The molecule has 0 amide bonds. The molecule has 0 aliphatic carbocycles. The lowest BCUT2D eigenvalue weighted by molar-refractivity contribution is 0.401. The molecular formula is C14H17ClIN3O. The van der Waals surface area contributed by atoms with Gasteiger partial charge >= 0.3 is 0 Å². The van der Waals surface area contributed by atoms with Crippen LogP contribution in [0.2, 0.25) is 5.02 Å². The van der Waals surface area contributed by atoms with Crippen molar-refractivity contribution < 1.29 is 4.74 Å². The van der Waals surface area contributed by atoms with Gasteiger partial charge in [-0.3, -0.25) is 4.68 Å². The second-order valence-electron chi connectivity index (χ2n) is 4.79. The molecule has 0 spiro atoms. The van der Waals surface area contributed by atoms with Crippen LogP contribution in [0.25, 0.3) is 0 Å². The number of benzene rings is 1. The molecule has 1 aromatic heterocycles. The van der Waals surface area contributed by atoms with Crippen LogP contribution in [-0.2, 0) is 0 Å². The fourth-order valence-electron chi connectivity index (χ4n) is 2.08. The first-order valence-corrected chi connectivity index (χ1v) is 7.73. The Morgan fingerprint density at radius 2 is 2.10 bits per heavy atom. The fraction of sp³-hybridized carbons (Fsp3) is 0.357. The maximum Gasteiger partial charge on any atom is 0.161 e. The van der Waals surface area contributed by atoms with Crippen LogP contribution in [0.1, 0.15) is 37.2 Å². The van der Waals surface area contributed by atoms with Gasteiger partial charge in [-0.2, -0.15) is 5.10 Å². The third-order valence-corrected chi connectivity index (χ3v) is 4.68. The molecule has 2 aromatic rings. The smallest absolute Gasteiger partial charge is 0.161 e. The second-order valence-corrected chi connectivity index (χ2v) is 6.36. The van der Waals surface area contributed by atoms with Gasteiger partial charge in [-0.05, 0) is 54.1 Å². The fourth-order valence-corrected chi connectivity index (χ4v) is 2.61. The predicted molar refractivity (Wildman–Crippen MR) is 89.4 cm³/mol. The van der Waals surface area contributed by atoms with Crippen molar-refractivity contribution in [3.05, 3.63) is 44.2 Å². The zero-order valence-corrected chi connectivity index (χ0v) is 14.5. The Bertz CT molecular complexity index is 612. The molecule has 2 N–H and O–H groups in total. The molecule has 0 fully saturated rings. The molecule has 20 heavy (non-hydrogen) atoms. The van der Waals surface area contributed by atoms with Crippen molar-refractivity contribution in [2.75, 3.05) is 7.11 Å². The van der Waals surface area contributed by atoms with Gasteiger partial charge in [-0.15, -0.1) is 0 Å². The Balaban J connectivity index is 2.49. The van der Waals surface area contributed by atoms with E-state index in [0.29, 0.717) is 10.8 Å². The van der Waals surface area contributed by atoms with Crippen LogP contribution in [0.3, 0.4) is 0 Å². The number of rotatable bonds is 4. The molecule has 1 aromatic carbocycles. The van der Waals surface area contributed by atoms with Gasteiger partial charge in [0.15, 0.2) is 5.75 Å². The molecule has 0 saturated carbocycles. The molecule has 4 nitrogen and oxygen atoms in total. The normalized spacial score (nSPS) is 12.8. The van der Waals surface area contributed by atoms with Crippen LogP contribution in [0.15, 0.2) is 24.4 Å². The number of ether oxygens (including phenoxy) is 1. The van der Waals surface area contributed by atoms with E-state index in [0.717, 1.165) is 14.8 Å². The summed E-state index contributed by atoms with van der Waals surface area (Å²) in [6, 6.07) is 5.71. The van der Waals surface area contributed by atoms with Crippen molar-refractivity contribution >= 4 is 34.2 Å². The lowest BCUT2D eigenvalue weighted by Crippen LogP contribution is -2.19. The minimum absolute atomic E-state index is 0.208. The highest BCUT2D eigenvalue weighted by atomic mass is 127. The number of nitrogens with two attached hydrogens (primary N) is 1. The Morgan fingerprint density at radius 1 is 1.40 bits per heavy atom. The molecular weight excluding hydrogens is 389 g/mol. The van der Waals surface area contributed by atoms with E-state index in [4.69, 9.17) is 22.1 Å². The van der Waals surface area contributed by atoms with E-state index in [2.05, 4.69) is 41.5 Å². The summed E-state index contributed by atoms with van der Waals surface area (Å²) in [5, 5.41) is 5.05. The molecule has 6 heteroatoms. The Hall–Kier alpha value is -0.790. The van der Waals surface area contributed by atoms with E-state index in [1.54, 1.807) is 13.3 Å². The van der Waals surface area contributed by atoms with Crippen LogP contribution >= 0.6 is 34.2 Å². The summed E-state index contributed by atoms with van der Waals surface area (Å²) in [5.74, 6) is 0.695. The summed E-state index contributed by atoms with van der Waals surface area (Å²) < 4.78 is 8.26. The van der Waals surface area contributed by atoms with Gasteiger partial charge in [0, 0.05) is 9.61 Å². The minimum atomic E-state index is -0.329. The molecule has 0 aliphatic heterocycles. The van der Waals surface area contributed by atoms with Crippen LogP contribution in [0.4, 0.5) is 0 Å². The summed E-state index contributed by atoms with van der Waals surface area (Å²) in [6.45, 7) is 4.12. The van der Waals surface area contributed by atoms with Crippen LogP contribution < -0.4 is 10.5 Å². The molecule has 0 saturated heterocycles. The summed E-state index contributed by atoms with van der Waals surface area (Å²) in [6.07, 6.45) is 1.70. The first kappa shape index (κ1) is 15.6. The number of nitrogens with zero attached hydrogens (tertiary/aromatic N) is 2. The number of aromatic nitrogens is 2. The maximum atomic E-state index is 6.39. The number of halogens is 2. The number of methoxy groups -OCH3 is 1. The van der Waals surface area contributed by atoms with E-state index in [9.17, 15) is 0 Å². The first-order valence-electron chi connectivity index (χ1n) is 6.27. The molecule has 0 bridgehead atoms. The highest BCUT2D eigenvalue weighted by molar-refractivity contribution is 14.1. The summed E-state index contributed by atoms with van der Waals surface area (Å²) >= 11 is 8.37. The maximum absolute atomic E-state index is 6.39. The summed E-state index contributed by atoms with van der Waals surface area (Å²) in [7, 11) is 1.62.